The number of ether oxygens (including phenoxy) is 1. The van der Waals surface area contributed by atoms with Gasteiger partial charge in [-0.15, -0.1) is 0 Å². The second-order valence-corrected chi connectivity index (χ2v) is 6.06. The minimum Gasteiger partial charge on any atom is -0.445 e. The van der Waals surface area contributed by atoms with Gasteiger partial charge in [0.05, 0.1) is 0 Å². The number of amides is 1. The van der Waals surface area contributed by atoms with Gasteiger partial charge in [-0.05, 0) is 28.0 Å². The van der Waals surface area contributed by atoms with Crippen molar-refractivity contribution in [2.24, 2.45) is 0 Å². The van der Waals surface area contributed by atoms with Gasteiger partial charge in [0.1, 0.15) is 18.8 Å². The first-order valence-electron chi connectivity index (χ1n) is 8.43. The summed E-state index contributed by atoms with van der Waals surface area (Å²) in [5.74, 6) is 0. The number of carbonyl (C=O) groups is 1. The Bertz CT molecular complexity index is 866. The second kappa shape index (κ2) is 8.47. The number of aliphatic hydroxyl groups excluding tert-OH is 2. The zero-order chi connectivity index (χ0) is 18.4. The van der Waals surface area contributed by atoms with E-state index in [-0.39, 0.29) is 13.2 Å². The fraction of sp³-hybridized carbons (Fsp3) is 0.190. The maximum atomic E-state index is 11.7. The summed E-state index contributed by atoms with van der Waals surface area (Å²) in [7, 11) is 0. The van der Waals surface area contributed by atoms with Crippen molar-refractivity contribution in [2.75, 3.05) is 6.54 Å². The molecule has 134 valence electrons. The number of rotatable bonds is 6. The number of carbonyl (C=O) groups excluding carboxylic acids is 1. The minimum atomic E-state index is -1.14. The van der Waals surface area contributed by atoms with E-state index in [2.05, 4.69) is 5.32 Å². The Labute approximate surface area is 151 Å². The maximum absolute atomic E-state index is 11.7. The normalized spacial score (nSPS) is 13.2. The van der Waals surface area contributed by atoms with Gasteiger partial charge in [-0.3, -0.25) is 0 Å². The molecular weight excluding hydrogens is 330 g/mol. The van der Waals surface area contributed by atoms with Crippen LogP contribution in [0.25, 0.3) is 10.8 Å². The highest BCUT2D eigenvalue weighted by molar-refractivity contribution is 5.83. The Hall–Kier alpha value is -2.89. The van der Waals surface area contributed by atoms with Crippen molar-refractivity contribution in [2.45, 2.75) is 18.8 Å². The molecule has 2 atom stereocenters. The molecule has 0 fully saturated rings. The van der Waals surface area contributed by atoms with Gasteiger partial charge in [-0.2, -0.15) is 0 Å². The Balaban J connectivity index is 1.51. The first-order valence-corrected chi connectivity index (χ1v) is 8.43. The average molecular weight is 351 g/mol. The summed E-state index contributed by atoms with van der Waals surface area (Å²) in [5.41, 5.74) is 1.47. The van der Waals surface area contributed by atoms with Crippen LogP contribution in [0.2, 0.25) is 0 Å². The summed E-state index contributed by atoms with van der Waals surface area (Å²) in [6.45, 7) is 0.0393. The molecule has 3 rings (SSSR count). The number of alkyl carbamates (subject to hydrolysis) is 1. The van der Waals surface area contributed by atoms with Gasteiger partial charge < -0.3 is 20.3 Å². The van der Waals surface area contributed by atoms with Gasteiger partial charge in [-0.25, -0.2) is 4.79 Å². The highest BCUT2D eigenvalue weighted by atomic mass is 16.5. The van der Waals surface area contributed by atoms with Crippen molar-refractivity contribution in [3.63, 3.8) is 0 Å². The van der Waals surface area contributed by atoms with Crippen molar-refractivity contribution in [3.8, 4) is 0 Å². The summed E-state index contributed by atoms with van der Waals surface area (Å²) in [6.07, 6.45) is -2.88. The molecule has 0 radical (unpaired) electrons. The van der Waals surface area contributed by atoms with Gasteiger partial charge in [-0.1, -0.05) is 66.7 Å². The number of hydrogen-bond donors (Lipinski definition) is 3. The number of nitrogens with one attached hydrogen (secondary N) is 1. The molecule has 5 heteroatoms. The fourth-order valence-corrected chi connectivity index (χ4v) is 2.69. The first-order chi connectivity index (χ1) is 12.6. The number of aliphatic hydroxyl groups is 2. The molecule has 0 aliphatic rings. The van der Waals surface area contributed by atoms with Gasteiger partial charge >= 0.3 is 6.09 Å². The van der Waals surface area contributed by atoms with E-state index in [1.807, 2.05) is 66.7 Å². The van der Waals surface area contributed by atoms with Crippen LogP contribution in [-0.4, -0.2) is 29.0 Å². The van der Waals surface area contributed by atoms with Crippen LogP contribution in [0.3, 0.4) is 0 Å². The van der Waals surface area contributed by atoms with Crippen molar-refractivity contribution >= 4 is 16.9 Å². The molecule has 0 spiro atoms. The lowest BCUT2D eigenvalue weighted by Crippen LogP contribution is -2.35. The lowest BCUT2D eigenvalue weighted by Gasteiger charge is -2.19. The first kappa shape index (κ1) is 17.9. The molecule has 0 saturated heterocycles. The third-order valence-corrected chi connectivity index (χ3v) is 4.15. The zero-order valence-corrected chi connectivity index (χ0v) is 14.2. The van der Waals surface area contributed by atoms with Gasteiger partial charge in [0.25, 0.3) is 0 Å². The van der Waals surface area contributed by atoms with E-state index in [0.29, 0.717) is 5.56 Å². The molecule has 5 nitrogen and oxygen atoms in total. The number of hydrogen-bond acceptors (Lipinski definition) is 4. The highest BCUT2D eigenvalue weighted by Gasteiger charge is 2.19. The molecule has 2 unspecified atom stereocenters. The van der Waals surface area contributed by atoms with E-state index >= 15 is 0 Å². The van der Waals surface area contributed by atoms with Crippen molar-refractivity contribution in [3.05, 3.63) is 83.9 Å². The van der Waals surface area contributed by atoms with Crippen LogP contribution in [0.1, 0.15) is 17.2 Å². The van der Waals surface area contributed by atoms with Crippen LogP contribution < -0.4 is 5.32 Å². The standard InChI is InChI=1S/C21H21NO4/c23-19(13-22-21(25)26-14-15-6-2-1-3-7-15)20(24)18-11-10-16-8-4-5-9-17(16)12-18/h1-12,19-20,23-24H,13-14H2,(H,22,25). The van der Waals surface area contributed by atoms with E-state index in [4.69, 9.17) is 4.74 Å². The van der Waals surface area contributed by atoms with E-state index < -0.39 is 18.3 Å². The summed E-state index contributed by atoms with van der Waals surface area (Å²) < 4.78 is 5.08. The van der Waals surface area contributed by atoms with Crippen LogP contribution in [0.15, 0.2) is 72.8 Å². The Morgan fingerprint density at radius 3 is 2.38 bits per heavy atom. The predicted molar refractivity (Wildman–Crippen MR) is 99.5 cm³/mol. The van der Waals surface area contributed by atoms with Crippen LogP contribution >= 0.6 is 0 Å². The fourth-order valence-electron chi connectivity index (χ4n) is 2.69. The molecule has 3 aromatic rings. The lowest BCUT2D eigenvalue weighted by atomic mass is 10.0. The van der Waals surface area contributed by atoms with Crippen LogP contribution in [0.5, 0.6) is 0 Å². The minimum absolute atomic E-state index is 0.110. The van der Waals surface area contributed by atoms with Crippen molar-refractivity contribution < 1.29 is 19.7 Å². The van der Waals surface area contributed by atoms with E-state index in [1.54, 1.807) is 6.07 Å². The third kappa shape index (κ3) is 4.59. The highest BCUT2D eigenvalue weighted by Crippen LogP contribution is 2.22. The predicted octanol–water partition coefficient (Wildman–Crippen LogP) is 3.16. The molecule has 3 N–H and O–H groups in total. The Morgan fingerprint density at radius 1 is 0.923 bits per heavy atom. The number of fused-ring (bicyclic) bond motifs is 1. The van der Waals surface area contributed by atoms with Gasteiger partial charge in [0, 0.05) is 6.54 Å². The van der Waals surface area contributed by atoms with Crippen LogP contribution in [0.4, 0.5) is 4.79 Å². The molecule has 0 aromatic heterocycles. The van der Waals surface area contributed by atoms with Crippen LogP contribution in [-0.2, 0) is 11.3 Å². The molecule has 26 heavy (non-hydrogen) atoms. The largest absolute Gasteiger partial charge is 0.445 e. The molecule has 0 saturated carbocycles. The smallest absolute Gasteiger partial charge is 0.407 e. The van der Waals surface area contributed by atoms with Crippen LogP contribution in [0, 0.1) is 0 Å². The SMILES string of the molecule is O=C(NCC(O)C(O)c1ccc2ccccc2c1)OCc1ccccc1. The molecule has 1 amide bonds. The molecule has 0 aliphatic carbocycles. The monoisotopic (exact) mass is 351 g/mol. The topological polar surface area (TPSA) is 78.8 Å². The molecule has 3 aromatic carbocycles. The van der Waals surface area contributed by atoms with Gasteiger partial charge in [0.15, 0.2) is 0 Å². The summed E-state index contributed by atoms with van der Waals surface area (Å²) in [4.78, 5) is 11.7. The number of benzene rings is 3. The molecule has 0 aliphatic heterocycles. The van der Waals surface area contributed by atoms with E-state index in [9.17, 15) is 15.0 Å². The molecule has 0 bridgehead atoms. The second-order valence-electron chi connectivity index (χ2n) is 6.06. The van der Waals surface area contributed by atoms with E-state index in [0.717, 1.165) is 16.3 Å². The summed E-state index contributed by atoms with van der Waals surface area (Å²) >= 11 is 0. The zero-order valence-electron chi connectivity index (χ0n) is 14.2. The molecule has 0 heterocycles. The summed E-state index contributed by atoms with van der Waals surface area (Å²) in [6, 6.07) is 22.6. The third-order valence-electron chi connectivity index (χ3n) is 4.15. The summed E-state index contributed by atoms with van der Waals surface area (Å²) in [5, 5.41) is 25.0. The van der Waals surface area contributed by atoms with Crippen molar-refractivity contribution in [1.82, 2.24) is 5.32 Å². The Morgan fingerprint density at radius 2 is 1.62 bits per heavy atom. The van der Waals surface area contributed by atoms with Crippen molar-refractivity contribution in [1.29, 1.82) is 0 Å². The maximum Gasteiger partial charge on any atom is 0.407 e. The van der Waals surface area contributed by atoms with Gasteiger partial charge in [0.2, 0.25) is 0 Å². The average Bonchev–Trinajstić information content (AvgIpc) is 2.70. The van der Waals surface area contributed by atoms with E-state index in [1.165, 1.54) is 0 Å². The Kier molecular flexibility index (Phi) is 5.84. The lowest BCUT2D eigenvalue weighted by molar-refractivity contribution is 0.0185. The quantitative estimate of drug-likeness (QED) is 0.637. The molecular formula is C21H21NO4.